The van der Waals surface area contributed by atoms with E-state index in [9.17, 15) is 4.79 Å². The van der Waals surface area contributed by atoms with Gasteiger partial charge < -0.3 is 4.74 Å². The Morgan fingerprint density at radius 3 is 2.28 bits per heavy atom. The molecule has 0 aliphatic rings. The summed E-state index contributed by atoms with van der Waals surface area (Å²) in [5.74, 6) is 0. The largest absolute Gasteiger partial charge is 0.444 e. The first kappa shape index (κ1) is 27.4. The smallest absolute Gasteiger partial charge is 0.412 e. The van der Waals surface area contributed by atoms with Crippen molar-refractivity contribution in [1.82, 2.24) is 4.98 Å². The summed E-state index contributed by atoms with van der Waals surface area (Å²) in [6, 6.07) is 1.93. The van der Waals surface area contributed by atoms with Crippen molar-refractivity contribution < 1.29 is 9.53 Å². The van der Waals surface area contributed by atoms with Crippen molar-refractivity contribution in [3.05, 3.63) is 65.0 Å². The van der Waals surface area contributed by atoms with Crippen LogP contribution in [0, 0.1) is 0 Å². The number of hydrogen-bond donors (Lipinski definition) is 1. The van der Waals surface area contributed by atoms with Gasteiger partial charge in [0.25, 0.3) is 0 Å². The summed E-state index contributed by atoms with van der Waals surface area (Å²) < 4.78 is 5.36. The highest BCUT2D eigenvalue weighted by atomic mass is 16.6. The topological polar surface area (TPSA) is 51.2 Å². The summed E-state index contributed by atoms with van der Waals surface area (Å²) in [6.07, 6.45) is 17.6. The Hall–Kier alpha value is -2.62. The zero-order chi connectivity index (χ0) is 24.1. The molecule has 1 rings (SSSR count). The van der Waals surface area contributed by atoms with E-state index in [2.05, 4.69) is 62.3 Å². The van der Waals surface area contributed by atoms with Crippen LogP contribution in [0.5, 0.6) is 0 Å². The van der Waals surface area contributed by atoms with Crippen LogP contribution in [0.15, 0.2) is 59.5 Å². The maximum atomic E-state index is 12.2. The van der Waals surface area contributed by atoms with Crippen LogP contribution < -0.4 is 5.32 Å². The van der Waals surface area contributed by atoms with Crippen LogP contribution in [0.2, 0.25) is 0 Å². The highest BCUT2D eigenvalue weighted by Crippen LogP contribution is 2.27. The number of pyridine rings is 1. The molecule has 0 aliphatic heterocycles. The third-order valence-electron chi connectivity index (χ3n) is 4.92. The van der Waals surface area contributed by atoms with Crippen LogP contribution in [0.25, 0.3) is 5.57 Å². The molecular formula is C28H42N2O2. The predicted molar refractivity (Wildman–Crippen MR) is 138 cm³/mol. The van der Waals surface area contributed by atoms with Gasteiger partial charge >= 0.3 is 6.09 Å². The summed E-state index contributed by atoms with van der Waals surface area (Å²) >= 11 is 0. The van der Waals surface area contributed by atoms with Crippen molar-refractivity contribution in [2.75, 3.05) is 5.32 Å². The van der Waals surface area contributed by atoms with Gasteiger partial charge in [0.2, 0.25) is 0 Å². The summed E-state index contributed by atoms with van der Waals surface area (Å²) in [5, 5.41) is 2.78. The fraction of sp³-hybridized carbons (Fsp3) is 0.500. The Labute approximate surface area is 195 Å². The van der Waals surface area contributed by atoms with E-state index < -0.39 is 11.7 Å². The van der Waals surface area contributed by atoms with E-state index in [0.717, 1.165) is 30.4 Å². The molecule has 1 amide bonds. The molecule has 0 radical (unpaired) electrons. The zero-order valence-electron chi connectivity index (χ0n) is 21.3. The molecule has 4 nitrogen and oxygen atoms in total. The van der Waals surface area contributed by atoms with Gasteiger partial charge in [-0.1, -0.05) is 51.3 Å². The maximum absolute atomic E-state index is 12.2. The fourth-order valence-corrected chi connectivity index (χ4v) is 3.22. The molecule has 0 saturated carbocycles. The van der Waals surface area contributed by atoms with E-state index in [1.54, 1.807) is 6.20 Å². The van der Waals surface area contributed by atoms with E-state index in [1.165, 1.54) is 29.6 Å². The Morgan fingerprint density at radius 2 is 1.72 bits per heavy atom. The van der Waals surface area contributed by atoms with Gasteiger partial charge in [-0.15, -0.1) is 0 Å². The molecular weight excluding hydrogens is 396 g/mol. The van der Waals surface area contributed by atoms with Crippen LogP contribution in [0.4, 0.5) is 10.5 Å². The van der Waals surface area contributed by atoms with Gasteiger partial charge in [-0.3, -0.25) is 10.3 Å². The van der Waals surface area contributed by atoms with Crippen molar-refractivity contribution in [2.45, 2.75) is 93.1 Å². The van der Waals surface area contributed by atoms with E-state index in [1.807, 2.05) is 40.0 Å². The lowest BCUT2D eigenvalue weighted by Crippen LogP contribution is -2.27. The SMILES string of the molecule is C\C=C(/C=C(C(/C)=C\CCCC)\C(C)=C\CCC)c1cncc(NC(=O)OC(C)(C)C)c1. The van der Waals surface area contributed by atoms with Crippen molar-refractivity contribution >= 4 is 17.4 Å². The predicted octanol–water partition coefficient (Wildman–Crippen LogP) is 8.64. The molecule has 4 heteroatoms. The molecule has 0 saturated heterocycles. The second-order valence-corrected chi connectivity index (χ2v) is 9.10. The first-order valence-electron chi connectivity index (χ1n) is 11.8. The summed E-state index contributed by atoms with van der Waals surface area (Å²) in [7, 11) is 0. The molecule has 1 N–H and O–H groups in total. The average Bonchev–Trinajstić information content (AvgIpc) is 2.71. The minimum Gasteiger partial charge on any atom is -0.444 e. The highest BCUT2D eigenvalue weighted by molar-refractivity contribution is 5.86. The first-order valence-corrected chi connectivity index (χ1v) is 11.8. The molecule has 0 atom stereocenters. The normalized spacial score (nSPS) is 13.9. The molecule has 0 aliphatic carbocycles. The molecule has 0 unspecified atom stereocenters. The molecule has 1 heterocycles. The Bertz CT molecular complexity index is 868. The Kier molecular flexibility index (Phi) is 11.8. The molecule has 32 heavy (non-hydrogen) atoms. The summed E-state index contributed by atoms with van der Waals surface area (Å²) in [5.41, 5.74) is 5.89. The van der Waals surface area contributed by atoms with E-state index in [4.69, 9.17) is 4.74 Å². The van der Waals surface area contributed by atoms with Crippen molar-refractivity contribution in [3.63, 3.8) is 0 Å². The third kappa shape index (κ3) is 10.1. The molecule has 0 aromatic carbocycles. The van der Waals surface area contributed by atoms with Gasteiger partial charge in [0, 0.05) is 11.8 Å². The van der Waals surface area contributed by atoms with Gasteiger partial charge in [0.05, 0.1) is 11.9 Å². The second kappa shape index (κ2) is 13.7. The molecule has 176 valence electrons. The number of carbonyl (C=O) groups is 1. The number of rotatable bonds is 10. The minimum atomic E-state index is -0.550. The van der Waals surface area contributed by atoms with Gasteiger partial charge in [-0.2, -0.15) is 0 Å². The Morgan fingerprint density at radius 1 is 1.06 bits per heavy atom. The number of aromatic nitrogens is 1. The zero-order valence-corrected chi connectivity index (χ0v) is 21.3. The van der Waals surface area contributed by atoms with E-state index >= 15 is 0 Å². The number of ether oxygens (including phenoxy) is 1. The monoisotopic (exact) mass is 438 g/mol. The standard InChI is InChI=1S/C28H42N2O2/c1-9-12-14-16-22(5)26(21(4)15-13-10-2)18-23(11-3)24-17-25(20-29-19-24)30-27(31)32-28(6,7)8/h11,15-20H,9-10,12-14H2,1-8H3,(H,30,31)/b21-15+,22-16-,23-11+,26-18+. The molecule has 1 aromatic rings. The Balaban J connectivity index is 3.27. The van der Waals surface area contributed by atoms with Gasteiger partial charge in [-0.05, 0) is 88.8 Å². The fourth-order valence-electron chi connectivity index (χ4n) is 3.22. The number of nitrogens with one attached hydrogen (secondary N) is 1. The summed E-state index contributed by atoms with van der Waals surface area (Å²) in [4.78, 5) is 16.5. The van der Waals surface area contributed by atoms with Gasteiger partial charge in [0.15, 0.2) is 0 Å². The number of allylic oxidation sites excluding steroid dienone is 8. The van der Waals surface area contributed by atoms with Crippen LogP contribution >= 0.6 is 0 Å². The van der Waals surface area contributed by atoms with Gasteiger partial charge in [0.1, 0.15) is 5.60 Å². The number of hydrogen-bond acceptors (Lipinski definition) is 3. The number of anilines is 1. The molecule has 0 fully saturated rings. The molecule has 1 aromatic heterocycles. The van der Waals surface area contributed by atoms with E-state index in [0.29, 0.717) is 5.69 Å². The molecule has 0 spiro atoms. The highest BCUT2D eigenvalue weighted by Gasteiger charge is 2.16. The van der Waals surface area contributed by atoms with Crippen molar-refractivity contribution in [1.29, 1.82) is 0 Å². The van der Waals surface area contributed by atoms with Crippen LogP contribution in [-0.4, -0.2) is 16.7 Å². The number of carbonyl (C=O) groups excluding carboxylic acids is 1. The number of nitrogens with zero attached hydrogens (tertiary/aromatic N) is 1. The van der Waals surface area contributed by atoms with Crippen molar-refractivity contribution in [3.8, 4) is 0 Å². The van der Waals surface area contributed by atoms with Crippen molar-refractivity contribution in [2.24, 2.45) is 0 Å². The lowest BCUT2D eigenvalue weighted by molar-refractivity contribution is 0.0636. The van der Waals surface area contributed by atoms with Crippen LogP contribution in [0.1, 0.15) is 93.1 Å². The minimum absolute atomic E-state index is 0.484. The quantitative estimate of drug-likeness (QED) is 0.294. The lowest BCUT2D eigenvalue weighted by Gasteiger charge is -2.19. The molecule has 0 bridgehead atoms. The number of unbranched alkanes of at least 4 members (excludes halogenated alkanes) is 3. The first-order chi connectivity index (χ1) is 15.1. The van der Waals surface area contributed by atoms with Gasteiger partial charge in [-0.25, -0.2) is 4.79 Å². The number of amides is 1. The maximum Gasteiger partial charge on any atom is 0.412 e. The van der Waals surface area contributed by atoms with Crippen LogP contribution in [-0.2, 0) is 4.74 Å². The summed E-state index contributed by atoms with van der Waals surface area (Å²) in [6.45, 7) is 16.3. The third-order valence-corrected chi connectivity index (χ3v) is 4.92. The average molecular weight is 439 g/mol. The second-order valence-electron chi connectivity index (χ2n) is 9.10. The lowest BCUT2D eigenvalue weighted by atomic mass is 9.93. The van der Waals surface area contributed by atoms with Crippen LogP contribution in [0.3, 0.4) is 0 Å². The van der Waals surface area contributed by atoms with E-state index in [-0.39, 0.29) is 0 Å².